The predicted molar refractivity (Wildman–Crippen MR) is 145 cm³/mol. The molecule has 2 aromatic carbocycles. The molecule has 0 N–H and O–H groups in total. The Hall–Kier alpha value is -2.53. The van der Waals surface area contributed by atoms with Crippen molar-refractivity contribution in [1.29, 1.82) is 0 Å². The van der Waals surface area contributed by atoms with E-state index in [0.29, 0.717) is 63.1 Å². The highest BCUT2D eigenvalue weighted by molar-refractivity contribution is 7.88. The molecule has 5 nitrogen and oxygen atoms in total. The summed E-state index contributed by atoms with van der Waals surface area (Å²) >= 11 is 0. The van der Waals surface area contributed by atoms with E-state index in [1.165, 1.54) is 22.5 Å². The fourth-order valence-corrected chi connectivity index (χ4v) is 8.01. The number of likely N-dealkylation sites (tertiary alicyclic amines) is 1. The summed E-state index contributed by atoms with van der Waals surface area (Å²) in [4.78, 5) is 15.7. The first-order valence-corrected chi connectivity index (χ1v) is 15.8. The topological polar surface area (TPSA) is 57.7 Å². The van der Waals surface area contributed by atoms with Gasteiger partial charge < -0.3 is 4.90 Å². The molecular formula is C30H35F5N2O3S. The van der Waals surface area contributed by atoms with E-state index in [1.54, 1.807) is 25.1 Å². The molecule has 2 aromatic rings. The number of sulfonamides is 1. The number of hydrogen-bond acceptors (Lipinski definition) is 3. The Bertz CT molecular complexity index is 1450. The highest BCUT2D eigenvalue weighted by Gasteiger charge is 2.56. The van der Waals surface area contributed by atoms with E-state index in [-0.39, 0.29) is 36.8 Å². The van der Waals surface area contributed by atoms with Crippen LogP contribution in [0.2, 0.25) is 0 Å². The van der Waals surface area contributed by atoms with E-state index < -0.39 is 32.8 Å². The lowest BCUT2D eigenvalue weighted by molar-refractivity contribution is -0.228. The van der Waals surface area contributed by atoms with Crippen LogP contribution in [0.15, 0.2) is 36.4 Å². The third kappa shape index (κ3) is 5.28. The van der Waals surface area contributed by atoms with Crippen molar-refractivity contribution >= 4 is 15.9 Å². The fourth-order valence-electron chi connectivity index (χ4n) is 7.14. The molecular weight excluding hydrogens is 563 g/mol. The molecule has 0 aromatic heterocycles. The van der Waals surface area contributed by atoms with Gasteiger partial charge in [-0.15, -0.1) is 0 Å². The lowest BCUT2D eigenvalue weighted by Gasteiger charge is -2.45. The molecule has 2 saturated heterocycles. The van der Waals surface area contributed by atoms with Gasteiger partial charge in [-0.2, -0.15) is 13.2 Å². The Morgan fingerprint density at radius 2 is 1.71 bits per heavy atom. The van der Waals surface area contributed by atoms with Gasteiger partial charge in [0.2, 0.25) is 21.6 Å². The van der Waals surface area contributed by atoms with Crippen LogP contribution < -0.4 is 0 Å². The van der Waals surface area contributed by atoms with Crippen LogP contribution in [-0.2, 0) is 38.7 Å². The molecule has 41 heavy (non-hydrogen) atoms. The van der Waals surface area contributed by atoms with Gasteiger partial charge >= 0.3 is 6.18 Å². The van der Waals surface area contributed by atoms with Crippen molar-refractivity contribution in [3.63, 3.8) is 0 Å². The van der Waals surface area contributed by atoms with Crippen molar-refractivity contribution in [3.8, 4) is 0 Å². The van der Waals surface area contributed by atoms with Crippen LogP contribution in [-0.4, -0.2) is 61.6 Å². The molecule has 0 bridgehead atoms. The Balaban J connectivity index is 1.50. The van der Waals surface area contributed by atoms with Crippen molar-refractivity contribution in [3.05, 3.63) is 70.0 Å². The van der Waals surface area contributed by atoms with Crippen LogP contribution in [0.4, 0.5) is 22.0 Å². The van der Waals surface area contributed by atoms with Gasteiger partial charge in [0.05, 0.1) is 6.26 Å². The summed E-state index contributed by atoms with van der Waals surface area (Å²) in [5.74, 6) is -0.692. The van der Waals surface area contributed by atoms with Gasteiger partial charge in [0.25, 0.3) is 0 Å². The van der Waals surface area contributed by atoms with Gasteiger partial charge in [0.1, 0.15) is 5.82 Å². The van der Waals surface area contributed by atoms with Crippen LogP contribution in [0, 0.1) is 18.7 Å². The second kappa shape index (κ2) is 10.3. The quantitative estimate of drug-likeness (QED) is 0.423. The van der Waals surface area contributed by atoms with Crippen LogP contribution in [0.1, 0.15) is 60.4 Å². The number of rotatable bonds is 5. The first-order valence-electron chi connectivity index (χ1n) is 13.9. The smallest absolute Gasteiger partial charge is 0.339 e. The van der Waals surface area contributed by atoms with Gasteiger partial charge in [-0.1, -0.05) is 30.3 Å². The van der Waals surface area contributed by atoms with Crippen molar-refractivity contribution in [1.82, 2.24) is 9.21 Å². The largest absolute Gasteiger partial charge is 0.426 e. The SMILES string of the molecule is Cc1cc(CC23CCN(C(=O)C4CCN(S(C)(=O)=O)CC4)C2CCc2cc(C(C)(F)C(F)(F)F)ccc23)ccc1F. The second-order valence-electron chi connectivity index (χ2n) is 12.1. The summed E-state index contributed by atoms with van der Waals surface area (Å²) < 4.78 is 94.8. The molecule has 0 saturated carbocycles. The van der Waals surface area contributed by atoms with Crippen molar-refractivity contribution in [2.45, 2.75) is 75.7 Å². The normalized spacial score (nSPS) is 25.5. The zero-order valence-corrected chi connectivity index (χ0v) is 24.2. The van der Waals surface area contributed by atoms with Gasteiger partial charge in [0, 0.05) is 37.0 Å². The van der Waals surface area contributed by atoms with Gasteiger partial charge in [-0.25, -0.2) is 21.5 Å². The monoisotopic (exact) mass is 598 g/mol. The zero-order chi connectivity index (χ0) is 30.0. The van der Waals surface area contributed by atoms with Crippen LogP contribution >= 0.6 is 0 Å². The number of fused-ring (bicyclic) bond motifs is 3. The number of benzene rings is 2. The minimum absolute atomic E-state index is 0.0335. The number of halogens is 5. The van der Waals surface area contributed by atoms with E-state index in [2.05, 4.69) is 0 Å². The predicted octanol–water partition coefficient (Wildman–Crippen LogP) is 5.58. The number of carbonyl (C=O) groups excluding carboxylic acids is 1. The highest BCUT2D eigenvalue weighted by Crippen LogP contribution is 2.51. The van der Waals surface area contributed by atoms with Gasteiger partial charge in [-0.05, 0) is 86.3 Å². The molecule has 5 rings (SSSR count). The minimum atomic E-state index is -5.06. The Morgan fingerprint density at radius 3 is 2.32 bits per heavy atom. The maximum atomic E-state index is 14.9. The average molecular weight is 599 g/mol. The molecule has 3 aliphatic rings. The number of alkyl halides is 4. The number of amides is 1. The van der Waals surface area contributed by atoms with E-state index in [1.807, 2.05) is 4.90 Å². The van der Waals surface area contributed by atoms with E-state index in [9.17, 15) is 35.2 Å². The summed E-state index contributed by atoms with van der Waals surface area (Å²) in [5.41, 5.74) is -1.81. The maximum absolute atomic E-state index is 14.9. The first-order chi connectivity index (χ1) is 19.0. The van der Waals surface area contributed by atoms with Crippen molar-refractivity contribution in [2.75, 3.05) is 25.9 Å². The van der Waals surface area contributed by atoms with Crippen LogP contribution in [0.5, 0.6) is 0 Å². The Morgan fingerprint density at radius 1 is 1.02 bits per heavy atom. The molecule has 2 fully saturated rings. The van der Waals surface area contributed by atoms with Gasteiger partial charge in [0.15, 0.2) is 0 Å². The molecule has 2 aliphatic heterocycles. The second-order valence-corrected chi connectivity index (χ2v) is 14.0. The number of hydrogen-bond donors (Lipinski definition) is 0. The number of carbonyl (C=O) groups is 1. The fraction of sp³-hybridized carbons (Fsp3) is 0.567. The molecule has 0 spiro atoms. The Kier molecular flexibility index (Phi) is 7.54. The summed E-state index contributed by atoms with van der Waals surface area (Å²) in [6, 6.07) is 8.73. The molecule has 3 atom stereocenters. The minimum Gasteiger partial charge on any atom is -0.339 e. The standard InChI is InChI=1S/C30H35F5N2O3S/c1-19-16-20(4-8-25(19)31)18-29-12-15-37(27(38)21-10-13-36(14-11-21)41(3,39)40)26(29)9-5-22-17-23(6-7-24(22)29)28(2,32)30(33,34)35/h4,6-8,16-17,21,26H,5,9-15,18H2,1-3H3. The molecule has 11 heteroatoms. The lowest BCUT2D eigenvalue weighted by atomic mass is 9.63. The third-order valence-electron chi connectivity index (χ3n) is 9.51. The summed E-state index contributed by atoms with van der Waals surface area (Å²) in [7, 11) is -3.34. The number of piperidine rings is 1. The number of nitrogens with zero attached hydrogens (tertiary/aromatic N) is 2. The molecule has 0 radical (unpaired) electrons. The first kappa shape index (κ1) is 29.9. The van der Waals surface area contributed by atoms with E-state index in [4.69, 9.17) is 0 Å². The summed E-state index contributed by atoms with van der Waals surface area (Å²) in [5, 5.41) is 0. The molecule has 224 valence electrons. The maximum Gasteiger partial charge on any atom is 0.426 e. The average Bonchev–Trinajstić information content (AvgIpc) is 3.28. The molecule has 3 unspecified atom stereocenters. The summed E-state index contributed by atoms with van der Waals surface area (Å²) in [6.45, 7) is 3.20. The van der Waals surface area contributed by atoms with E-state index in [0.717, 1.165) is 17.4 Å². The Labute approximate surface area is 237 Å². The lowest BCUT2D eigenvalue weighted by Crippen LogP contribution is -2.51. The van der Waals surface area contributed by atoms with Crippen LogP contribution in [0.25, 0.3) is 0 Å². The van der Waals surface area contributed by atoms with Crippen molar-refractivity contribution < 1.29 is 35.2 Å². The summed E-state index contributed by atoms with van der Waals surface area (Å²) in [6.07, 6.45) is -1.16. The van der Waals surface area contributed by atoms with Gasteiger partial charge in [-0.3, -0.25) is 4.79 Å². The van der Waals surface area contributed by atoms with E-state index >= 15 is 0 Å². The van der Waals surface area contributed by atoms with Crippen molar-refractivity contribution in [2.24, 2.45) is 5.92 Å². The third-order valence-corrected chi connectivity index (χ3v) is 10.8. The molecule has 1 amide bonds. The molecule has 2 heterocycles. The molecule has 1 aliphatic carbocycles. The zero-order valence-electron chi connectivity index (χ0n) is 23.4. The highest BCUT2D eigenvalue weighted by atomic mass is 32.2. The van der Waals surface area contributed by atoms with Crippen LogP contribution in [0.3, 0.4) is 0 Å². The number of aryl methyl sites for hydroxylation is 2.